The topological polar surface area (TPSA) is 99.2 Å². The van der Waals surface area contributed by atoms with E-state index in [1.165, 1.54) is 25.3 Å². The van der Waals surface area contributed by atoms with Gasteiger partial charge in [0, 0.05) is 0 Å². The number of carbonyl (C=O) groups excluding carboxylic acids is 4. The van der Waals surface area contributed by atoms with Crippen LogP contribution >= 0.6 is 0 Å². The van der Waals surface area contributed by atoms with E-state index in [1.807, 2.05) is 0 Å². The Labute approximate surface area is 195 Å². The fourth-order valence-electron chi connectivity index (χ4n) is 3.58. The van der Waals surface area contributed by atoms with E-state index in [2.05, 4.69) is 0 Å². The number of carbonyl (C=O) groups is 4. The highest BCUT2D eigenvalue weighted by Gasteiger charge is 2.38. The zero-order valence-electron chi connectivity index (χ0n) is 18.6. The summed E-state index contributed by atoms with van der Waals surface area (Å²) in [7, 11) is 1.45. The normalized spacial score (nSPS) is 12.4. The molecule has 3 aromatic rings. The highest BCUT2D eigenvalue weighted by molar-refractivity contribution is 6.35. The smallest absolute Gasteiger partial charge is 0.338 e. The molecule has 0 saturated carbocycles. The van der Waals surface area contributed by atoms with Gasteiger partial charge in [0.15, 0.2) is 0 Å². The first-order valence-electron chi connectivity index (χ1n) is 10.5. The van der Waals surface area contributed by atoms with Crippen LogP contribution in [-0.4, -0.2) is 37.5 Å². The third-order valence-corrected chi connectivity index (χ3v) is 5.28. The molecule has 0 fully saturated rings. The molecule has 0 unspecified atom stereocenters. The standard InChI is InChI=1S/C26H21NO7/c1-3-33-25(30)17-10-8-16(9-11-17)15-34-26(31)18-12-13-19-20(14-18)24(29)27(23(19)28)21-6-4-5-7-22(21)32-2/h4-14H,3,15H2,1-2H3. The number of imide groups is 1. The van der Waals surface area contributed by atoms with Gasteiger partial charge in [0.05, 0.1) is 41.7 Å². The number of hydrogen-bond acceptors (Lipinski definition) is 7. The summed E-state index contributed by atoms with van der Waals surface area (Å²) in [5.41, 5.74) is 1.86. The van der Waals surface area contributed by atoms with Gasteiger partial charge in [0.25, 0.3) is 11.8 Å². The van der Waals surface area contributed by atoms with Gasteiger partial charge in [-0.25, -0.2) is 14.5 Å². The molecule has 8 nitrogen and oxygen atoms in total. The summed E-state index contributed by atoms with van der Waals surface area (Å²) in [6.07, 6.45) is 0. The first-order valence-corrected chi connectivity index (χ1v) is 10.5. The molecule has 0 aromatic heterocycles. The van der Waals surface area contributed by atoms with Gasteiger partial charge >= 0.3 is 11.9 Å². The quantitative estimate of drug-likeness (QED) is 0.389. The second-order valence-corrected chi connectivity index (χ2v) is 7.37. The Morgan fingerprint density at radius 3 is 2.15 bits per heavy atom. The van der Waals surface area contributed by atoms with Gasteiger partial charge in [-0.2, -0.15) is 0 Å². The van der Waals surface area contributed by atoms with Gasteiger partial charge in [-0.3, -0.25) is 9.59 Å². The van der Waals surface area contributed by atoms with E-state index in [1.54, 1.807) is 55.5 Å². The number of rotatable bonds is 7. The van der Waals surface area contributed by atoms with Crippen LogP contribution in [0.1, 0.15) is 53.9 Å². The second-order valence-electron chi connectivity index (χ2n) is 7.37. The first kappa shape index (κ1) is 22.7. The molecule has 0 N–H and O–H groups in total. The summed E-state index contributed by atoms with van der Waals surface area (Å²) in [6, 6.07) is 17.5. The number of esters is 2. The lowest BCUT2D eigenvalue weighted by molar-refractivity contribution is 0.0469. The molecule has 2 amide bonds. The fraction of sp³-hybridized carbons (Fsp3) is 0.154. The van der Waals surface area contributed by atoms with E-state index in [4.69, 9.17) is 14.2 Å². The van der Waals surface area contributed by atoms with Crippen molar-refractivity contribution in [3.63, 3.8) is 0 Å². The molecule has 1 aliphatic rings. The zero-order valence-corrected chi connectivity index (χ0v) is 18.6. The van der Waals surface area contributed by atoms with E-state index in [-0.39, 0.29) is 29.9 Å². The van der Waals surface area contributed by atoms with Gasteiger partial charge in [0.1, 0.15) is 12.4 Å². The van der Waals surface area contributed by atoms with Crippen LogP contribution < -0.4 is 9.64 Å². The van der Waals surface area contributed by atoms with E-state index in [0.29, 0.717) is 22.6 Å². The van der Waals surface area contributed by atoms with E-state index >= 15 is 0 Å². The zero-order chi connectivity index (χ0) is 24.2. The molecule has 8 heteroatoms. The number of methoxy groups -OCH3 is 1. The van der Waals surface area contributed by atoms with Crippen molar-refractivity contribution in [1.82, 2.24) is 0 Å². The highest BCUT2D eigenvalue weighted by Crippen LogP contribution is 2.35. The summed E-state index contributed by atoms with van der Waals surface area (Å²) in [6.45, 7) is 1.98. The predicted octanol–water partition coefficient (Wildman–Crippen LogP) is 4.03. The van der Waals surface area contributed by atoms with Crippen molar-refractivity contribution in [3.05, 3.63) is 94.5 Å². The van der Waals surface area contributed by atoms with Crippen LogP contribution in [0.5, 0.6) is 5.75 Å². The van der Waals surface area contributed by atoms with Crippen LogP contribution in [-0.2, 0) is 16.1 Å². The fourth-order valence-corrected chi connectivity index (χ4v) is 3.58. The molecule has 1 heterocycles. The largest absolute Gasteiger partial charge is 0.495 e. The number of ether oxygens (including phenoxy) is 3. The van der Waals surface area contributed by atoms with Crippen molar-refractivity contribution in [1.29, 1.82) is 0 Å². The average molecular weight is 459 g/mol. The van der Waals surface area contributed by atoms with Crippen molar-refractivity contribution in [2.45, 2.75) is 13.5 Å². The lowest BCUT2D eigenvalue weighted by Crippen LogP contribution is -2.29. The summed E-state index contributed by atoms with van der Waals surface area (Å²) in [5.74, 6) is -1.73. The SMILES string of the molecule is CCOC(=O)c1ccc(COC(=O)c2ccc3c(c2)C(=O)N(c2ccccc2OC)C3=O)cc1. The number of benzene rings is 3. The Kier molecular flexibility index (Phi) is 6.40. The maximum absolute atomic E-state index is 13.0. The molecule has 172 valence electrons. The minimum absolute atomic E-state index is 0.0285. The molecular formula is C26H21NO7. The van der Waals surface area contributed by atoms with Crippen LogP contribution in [0.3, 0.4) is 0 Å². The van der Waals surface area contributed by atoms with Crippen molar-refractivity contribution < 1.29 is 33.4 Å². The summed E-state index contributed by atoms with van der Waals surface area (Å²) in [4.78, 5) is 51.3. The summed E-state index contributed by atoms with van der Waals surface area (Å²) >= 11 is 0. The maximum Gasteiger partial charge on any atom is 0.338 e. The number of hydrogen-bond donors (Lipinski definition) is 0. The molecular weight excluding hydrogens is 438 g/mol. The molecule has 0 saturated heterocycles. The van der Waals surface area contributed by atoms with Crippen LogP contribution in [0.4, 0.5) is 5.69 Å². The average Bonchev–Trinajstić information content (AvgIpc) is 3.12. The molecule has 4 rings (SSSR count). The molecule has 0 radical (unpaired) electrons. The molecule has 1 aliphatic heterocycles. The molecule has 0 atom stereocenters. The lowest BCUT2D eigenvalue weighted by Gasteiger charge is -2.16. The van der Waals surface area contributed by atoms with Gasteiger partial charge in [-0.15, -0.1) is 0 Å². The van der Waals surface area contributed by atoms with Crippen LogP contribution in [0.15, 0.2) is 66.7 Å². The molecule has 0 bridgehead atoms. The van der Waals surface area contributed by atoms with Gasteiger partial charge in [-0.05, 0) is 55.0 Å². The number of amides is 2. The van der Waals surface area contributed by atoms with E-state index in [9.17, 15) is 19.2 Å². The van der Waals surface area contributed by atoms with Crippen LogP contribution in [0.2, 0.25) is 0 Å². The van der Waals surface area contributed by atoms with Gasteiger partial charge < -0.3 is 14.2 Å². The lowest BCUT2D eigenvalue weighted by atomic mass is 10.1. The number of para-hydroxylation sites is 2. The van der Waals surface area contributed by atoms with Crippen LogP contribution in [0.25, 0.3) is 0 Å². The Morgan fingerprint density at radius 1 is 0.794 bits per heavy atom. The molecule has 0 spiro atoms. The third kappa shape index (κ3) is 4.25. The van der Waals surface area contributed by atoms with E-state index < -0.39 is 23.8 Å². The van der Waals surface area contributed by atoms with E-state index in [0.717, 1.165) is 4.90 Å². The number of nitrogens with zero attached hydrogens (tertiary/aromatic N) is 1. The first-order chi connectivity index (χ1) is 16.4. The Balaban J connectivity index is 1.48. The van der Waals surface area contributed by atoms with Crippen molar-refractivity contribution >= 4 is 29.4 Å². The summed E-state index contributed by atoms with van der Waals surface area (Å²) in [5, 5.41) is 0. The van der Waals surface area contributed by atoms with Crippen molar-refractivity contribution in [2.75, 3.05) is 18.6 Å². The Morgan fingerprint density at radius 2 is 1.44 bits per heavy atom. The molecule has 34 heavy (non-hydrogen) atoms. The predicted molar refractivity (Wildman–Crippen MR) is 122 cm³/mol. The maximum atomic E-state index is 13.0. The number of fused-ring (bicyclic) bond motifs is 1. The molecule has 0 aliphatic carbocycles. The van der Waals surface area contributed by atoms with Gasteiger partial charge in [0.2, 0.25) is 0 Å². The Hall–Kier alpha value is -4.46. The Bertz CT molecular complexity index is 1280. The number of anilines is 1. The van der Waals surface area contributed by atoms with Crippen molar-refractivity contribution in [3.8, 4) is 5.75 Å². The summed E-state index contributed by atoms with van der Waals surface area (Å²) < 4.78 is 15.6. The monoisotopic (exact) mass is 459 g/mol. The molecule has 3 aromatic carbocycles. The third-order valence-electron chi connectivity index (χ3n) is 5.28. The van der Waals surface area contributed by atoms with Gasteiger partial charge in [-0.1, -0.05) is 24.3 Å². The van der Waals surface area contributed by atoms with Crippen molar-refractivity contribution in [2.24, 2.45) is 0 Å². The van der Waals surface area contributed by atoms with Crippen LogP contribution in [0, 0.1) is 0 Å². The second kappa shape index (κ2) is 9.58. The minimum atomic E-state index is -0.645. The highest BCUT2D eigenvalue weighted by atomic mass is 16.5. The minimum Gasteiger partial charge on any atom is -0.495 e.